The van der Waals surface area contributed by atoms with Crippen LogP contribution < -0.4 is 5.32 Å². The number of rotatable bonds is 3. The summed E-state index contributed by atoms with van der Waals surface area (Å²) >= 11 is 0. The molecule has 1 aromatic heterocycles. The van der Waals surface area contributed by atoms with E-state index in [0.29, 0.717) is 6.54 Å². The minimum absolute atomic E-state index is 0.00321. The van der Waals surface area contributed by atoms with E-state index in [1.54, 1.807) is 0 Å². The summed E-state index contributed by atoms with van der Waals surface area (Å²) in [5.41, 5.74) is 1.13. The molecule has 0 saturated carbocycles. The molecule has 0 atom stereocenters. The Morgan fingerprint density at radius 1 is 1.69 bits per heavy atom. The molecule has 0 bridgehead atoms. The number of amides is 1. The Bertz CT molecular complexity index is 312. The van der Waals surface area contributed by atoms with Gasteiger partial charge in [-0.3, -0.25) is 4.79 Å². The molecule has 0 aliphatic carbocycles. The molecule has 70 valence electrons. The van der Waals surface area contributed by atoms with Gasteiger partial charge in [-0.2, -0.15) is 0 Å². The van der Waals surface area contributed by atoms with E-state index in [1.807, 2.05) is 42.1 Å². The van der Waals surface area contributed by atoms with Crippen LogP contribution in [0.15, 0.2) is 24.4 Å². The smallest absolute Gasteiger partial charge is 0.217 e. The van der Waals surface area contributed by atoms with Gasteiger partial charge in [-0.05, 0) is 18.2 Å². The van der Waals surface area contributed by atoms with Crippen molar-refractivity contribution in [1.29, 1.82) is 0 Å². The zero-order chi connectivity index (χ0) is 9.68. The summed E-state index contributed by atoms with van der Waals surface area (Å²) in [5.74, 6) is -0.00321. The summed E-state index contributed by atoms with van der Waals surface area (Å²) in [5, 5.41) is 2.69. The van der Waals surface area contributed by atoms with Crippen LogP contribution in [-0.4, -0.2) is 17.0 Å². The number of nitrogens with zero attached hydrogens (tertiary/aromatic N) is 1. The van der Waals surface area contributed by atoms with Gasteiger partial charge in [0.15, 0.2) is 0 Å². The van der Waals surface area contributed by atoms with Crippen LogP contribution in [0.1, 0.15) is 12.6 Å². The van der Waals surface area contributed by atoms with E-state index in [1.165, 1.54) is 6.92 Å². The predicted octanol–water partition coefficient (Wildman–Crippen LogP) is 1.17. The van der Waals surface area contributed by atoms with Crippen LogP contribution in [0.2, 0.25) is 0 Å². The molecule has 3 nitrogen and oxygen atoms in total. The third-order valence-corrected chi connectivity index (χ3v) is 1.74. The molecule has 0 spiro atoms. The van der Waals surface area contributed by atoms with Crippen molar-refractivity contribution in [3.8, 4) is 0 Å². The van der Waals surface area contributed by atoms with Crippen LogP contribution in [-0.2, 0) is 11.8 Å². The van der Waals surface area contributed by atoms with E-state index in [-0.39, 0.29) is 5.91 Å². The second-order valence-electron chi connectivity index (χ2n) is 2.88. The maximum Gasteiger partial charge on any atom is 0.217 e. The van der Waals surface area contributed by atoms with Crippen molar-refractivity contribution in [1.82, 2.24) is 9.88 Å². The first-order valence-corrected chi connectivity index (χ1v) is 4.22. The molecule has 0 fully saturated rings. The van der Waals surface area contributed by atoms with Gasteiger partial charge in [0.25, 0.3) is 0 Å². The van der Waals surface area contributed by atoms with Crippen molar-refractivity contribution in [3.05, 3.63) is 30.1 Å². The topological polar surface area (TPSA) is 34.0 Å². The first kappa shape index (κ1) is 9.58. The Kier molecular flexibility index (Phi) is 3.31. The van der Waals surface area contributed by atoms with Crippen molar-refractivity contribution in [2.75, 3.05) is 6.54 Å². The molecule has 0 aliphatic heterocycles. The Hall–Kier alpha value is -1.51. The average molecular weight is 178 g/mol. The Balaban J connectivity index is 2.41. The summed E-state index contributed by atoms with van der Waals surface area (Å²) in [6.45, 7) is 2.09. The van der Waals surface area contributed by atoms with Gasteiger partial charge >= 0.3 is 0 Å². The summed E-state index contributed by atoms with van der Waals surface area (Å²) in [6, 6.07) is 4.00. The quantitative estimate of drug-likeness (QED) is 0.740. The number of aromatic nitrogens is 1. The van der Waals surface area contributed by atoms with E-state index < -0.39 is 0 Å². The lowest BCUT2D eigenvalue weighted by Crippen LogP contribution is -2.19. The van der Waals surface area contributed by atoms with Gasteiger partial charge in [-0.1, -0.05) is 6.08 Å². The van der Waals surface area contributed by atoms with Crippen molar-refractivity contribution in [3.63, 3.8) is 0 Å². The zero-order valence-corrected chi connectivity index (χ0v) is 7.95. The fraction of sp³-hybridized carbons (Fsp3) is 0.300. The predicted molar refractivity (Wildman–Crippen MR) is 53.1 cm³/mol. The fourth-order valence-electron chi connectivity index (χ4n) is 1.03. The van der Waals surface area contributed by atoms with Crippen molar-refractivity contribution >= 4 is 12.0 Å². The zero-order valence-electron chi connectivity index (χ0n) is 7.95. The fourth-order valence-corrected chi connectivity index (χ4v) is 1.03. The molecule has 1 aromatic rings. The van der Waals surface area contributed by atoms with Gasteiger partial charge in [0, 0.05) is 32.4 Å². The lowest BCUT2D eigenvalue weighted by Gasteiger charge is -1.96. The maximum atomic E-state index is 10.5. The lowest BCUT2D eigenvalue weighted by atomic mass is 10.3. The van der Waals surface area contributed by atoms with Crippen molar-refractivity contribution in [2.24, 2.45) is 7.05 Å². The molecule has 13 heavy (non-hydrogen) atoms. The third kappa shape index (κ3) is 3.15. The Morgan fingerprint density at radius 3 is 3.00 bits per heavy atom. The SMILES string of the molecule is CC(=O)NCC=Cc1cccn1C. The standard InChI is InChI=1S/C10H14N2O/c1-9(13)11-7-3-5-10-6-4-8-12(10)2/h3-6,8H,7H2,1-2H3,(H,11,13). The highest BCUT2D eigenvalue weighted by molar-refractivity contribution is 5.73. The van der Waals surface area contributed by atoms with Gasteiger partial charge in [-0.15, -0.1) is 0 Å². The van der Waals surface area contributed by atoms with Crippen LogP contribution in [0.25, 0.3) is 6.08 Å². The molecule has 1 heterocycles. The van der Waals surface area contributed by atoms with Gasteiger partial charge in [-0.25, -0.2) is 0 Å². The number of hydrogen-bond donors (Lipinski definition) is 1. The normalized spacial score (nSPS) is 10.6. The first-order chi connectivity index (χ1) is 6.20. The number of carbonyl (C=O) groups excluding carboxylic acids is 1. The molecular formula is C10H14N2O. The summed E-state index contributed by atoms with van der Waals surface area (Å²) in [4.78, 5) is 10.5. The average Bonchev–Trinajstić information content (AvgIpc) is 2.45. The largest absolute Gasteiger partial charge is 0.353 e. The number of nitrogens with one attached hydrogen (secondary N) is 1. The number of carbonyl (C=O) groups is 1. The van der Waals surface area contributed by atoms with Crippen LogP contribution in [0.4, 0.5) is 0 Å². The second kappa shape index (κ2) is 4.50. The molecular weight excluding hydrogens is 164 g/mol. The molecule has 3 heteroatoms. The molecule has 1 N–H and O–H groups in total. The summed E-state index contributed by atoms with van der Waals surface area (Å²) < 4.78 is 2.02. The van der Waals surface area contributed by atoms with E-state index in [2.05, 4.69) is 5.32 Å². The summed E-state index contributed by atoms with van der Waals surface area (Å²) in [7, 11) is 1.98. The van der Waals surface area contributed by atoms with Crippen LogP contribution in [0.5, 0.6) is 0 Å². The van der Waals surface area contributed by atoms with Crippen LogP contribution in [0.3, 0.4) is 0 Å². The van der Waals surface area contributed by atoms with E-state index in [0.717, 1.165) is 5.69 Å². The number of aryl methyl sites for hydroxylation is 1. The monoisotopic (exact) mass is 178 g/mol. The lowest BCUT2D eigenvalue weighted by molar-refractivity contribution is -0.118. The van der Waals surface area contributed by atoms with Crippen LogP contribution >= 0.6 is 0 Å². The Labute approximate surface area is 78.1 Å². The maximum absolute atomic E-state index is 10.5. The van der Waals surface area contributed by atoms with Crippen LogP contribution in [0, 0.1) is 0 Å². The van der Waals surface area contributed by atoms with E-state index >= 15 is 0 Å². The summed E-state index contributed by atoms with van der Waals surface area (Å²) in [6.07, 6.45) is 5.89. The van der Waals surface area contributed by atoms with Gasteiger partial charge in [0.1, 0.15) is 0 Å². The third-order valence-electron chi connectivity index (χ3n) is 1.74. The highest BCUT2D eigenvalue weighted by Gasteiger charge is 1.89. The number of hydrogen-bond acceptors (Lipinski definition) is 1. The van der Waals surface area contributed by atoms with Crippen molar-refractivity contribution in [2.45, 2.75) is 6.92 Å². The van der Waals surface area contributed by atoms with E-state index in [4.69, 9.17) is 0 Å². The molecule has 0 aliphatic rings. The first-order valence-electron chi connectivity index (χ1n) is 4.22. The molecule has 1 rings (SSSR count). The van der Waals surface area contributed by atoms with Gasteiger partial charge in [0.05, 0.1) is 0 Å². The minimum Gasteiger partial charge on any atom is -0.353 e. The van der Waals surface area contributed by atoms with Gasteiger partial charge in [0.2, 0.25) is 5.91 Å². The van der Waals surface area contributed by atoms with E-state index in [9.17, 15) is 4.79 Å². The van der Waals surface area contributed by atoms with Gasteiger partial charge < -0.3 is 9.88 Å². The molecule has 0 unspecified atom stereocenters. The minimum atomic E-state index is -0.00321. The highest BCUT2D eigenvalue weighted by atomic mass is 16.1. The molecule has 0 radical (unpaired) electrons. The molecule has 1 amide bonds. The van der Waals surface area contributed by atoms with Crippen molar-refractivity contribution < 1.29 is 4.79 Å². The Morgan fingerprint density at radius 2 is 2.46 bits per heavy atom. The highest BCUT2D eigenvalue weighted by Crippen LogP contribution is 2.00. The molecule has 0 saturated heterocycles. The molecule has 0 aromatic carbocycles. The second-order valence-corrected chi connectivity index (χ2v) is 2.88.